The van der Waals surface area contributed by atoms with Crippen LogP contribution in [0.15, 0.2) is 48.5 Å². The lowest BCUT2D eigenvalue weighted by molar-refractivity contribution is -0.150. The second-order valence-corrected chi connectivity index (χ2v) is 9.63. The van der Waals surface area contributed by atoms with Gasteiger partial charge in [0.2, 0.25) is 5.91 Å². The minimum Gasteiger partial charge on any atom is -0.480 e. The highest BCUT2D eigenvalue weighted by Crippen LogP contribution is 2.44. The summed E-state index contributed by atoms with van der Waals surface area (Å²) >= 11 is 0. The first kappa shape index (κ1) is 25.3. The normalized spacial score (nSPS) is 13.7. The standard InChI is InChI=1S/C27H34N2O5/c1-6-29(15-23(30)31)25(32)27(4,5)24(17(2)3)28-26(33)34-16-22-20-13-9-7-11-18(20)19-12-8-10-14-21(19)22/h7-14,17,22,24H,6,15-16H2,1-5H3,(H,28,33)(H,30,31). The number of benzene rings is 2. The Hall–Kier alpha value is -3.35. The monoisotopic (exact) mass is 466 g/mol. The van der Waals surface area contributed by atoms with Gasteiger partial charge in [-0.1, -0.05) is 62.4 Å². The highest BCUT2D eigenvalue weighted by molar-refractivity contribution is 5.86. The van der Waals surface area contributed by atoms with E-state index >= 15 is 0 Å². The summed E-state index contributed by atoms with van der Waals surface area (Å²) in [7, 11) is 0. The van der Waals surface area contributed by atoms with Gasteiger partial charge < -0.3 is 20.1 Å². The number of fused-ring (bicyclic) bond motifs is 3. The number of hydrogen-bond donors (Lipinski definition) is 2. The molecule has 0 saturated heterocycles. The number of hydrogen-bond acceptors (Lipinski definition) is 4. The molecule has 7 nitrogen and oxygen atoms in total. The molecule has 2 N–H and O–H groups in total. The summed E-state index contributed by atoms with van der Waals surface area (Å²) in [6.45, 7) is 9.09. The molecule has 0 spiro atoms. The van der Waals surface area contributed by atoms with Crippen LogP contribution in [-0.4, -0.2) is 53.7 Å². The van der Waals surface area contributed by atoms with Gasteiger partial charge in [0, 0.05) is 18.5 Å². The van der Waals surface area contributed by atoms with Crippen LogP contribution in [0.1, 0.15) is 51.7 Å². The summed E-state index contributed by atoms with van der Waals surface area (Å²) < 4.78 is 5.68. The molecule has 0 radical (unpaired) electrons. The van der Waals surface area contributed by atoms with E-state index in [2.05, 4.69) is 29.6 Å². The van der Waals surface area contributed by atoms with Crippen molar-refractivity contribution in [2.45, 2.75) is 46.6 Å². The van der Waals surface area contributed by atoms with Gasteiger partial charge in [-0.2, -0.15) is 0 Å². The van der Waals surface area contributed by atoms with Crippen molar-refractivity contribution in [3.63, 3.8) is 0 Å². The number of carbonyl (C=O) groups excluding carboxylic acids is 2. The Morgan fingerprint density at radius 3 is 2.03 bits per heavy atom. The highest BCUT2D eigenvalue weighted by atomic mass is 16.5. The average Bonchev–Trinajstić information content (AvgIpc) is 3.12. The van der Waals surface area contributed by atoms with Gasteiger partial charge in [-0.3, -0.25) is 9.59 Å². The number of aliphatic carboxylic acids is 1. The molecule has 0 bridgehead atoms. The number of carboxylic acids is 1. The molecular formula is C27H34N2O5. The van der Waals surface area contributed by atoms with Crippen LogP contribution in [0.2, 0.25) is 0 Å². The van der Waals surface area contributed by atoms with E-state index in [-0.39, 0.29) is 37.4 Å². The van der Waals surface area contributed by atoms with Crippen LogP contribution in [-0.2, 0) is 14.3 Å². The zero-order valence-corrected chi connectivity index (χ0v) is 20.5. The molecule has 3 rings (SSSR count). The van der Waals surface area contributed by atoms with Gasteiger partial charge in [-0.25, -0.2) is 4.79 Å². The second kappa shape index (κ2) is 10.3. The van der Waals surface area contributed by atoms with Gasteiger partial charge in [-0.15, -0.1) is 0 Å². The van der Waals surface area contributed by atoms with Gasteiger partial charge in [0.25, 0.3) is 0 Å². The van der Waals surface area contributed by atoms with Crippen LogP contribution < -0.4 is 5.32 Å². The fourth-order valence-corrected chi connectivity index (χ4v) is 4.98. The number of nitrogens with one attached hydrogen (secondary N) is 1. The third-order valence-corrected chi connectivity index (χ3v) is 6.61. The molecule has 34 heavy (non-hydrogen) atoms. The number of ether oxygens (including phenoxy) is 1. The lowest BCUT2D eigenvalue weighted by Crippen LogP contribution is -2.56. The molecule has 2 aromatic carbocycles. The van der Waals surface area contributed by atoms with Gasteiger partial charge in [0.15, 0.2) is 0 Å². The topological polar surface area (TPSA) is 95.9 Å². The van der Waals surface area contributed by atoms with E-state index in [1.807, 2.05) is 38.1 Å². The van der Waals surface area contributed by atoms with Crippen molar-refractivity contribution in [1.82, 2.24) is 10.2 Å². The molecule has 2 aromatic rings. The molecule has 0 saturated carbocycles. The highest BCUT2D eigenvalue weighted by Gasteiger charge is 2.42. The number of carboxylic acid groups (broad SMARTS) is 1. The van der Waals surface area contributed by atoms with Crippen LogP contribution in [0, 0.1) is 11.3 Å². The summed E-state index contributed by atoms with van der Waals surface area (Å²) in [6.07, 6.45) is -0.595. The minimum atomic E-state index is -1.07. The lowest BCUT2D eigenvalue weighted by Gasteiger charge is -2.39. The lowest BCUT2D eigenvalue weighted by atomic mass is 9.77. The van der Waals surface area contributed by atoms with Crippen LogP contribution in [0.5, 0.6) is 0 Å². The fraction of sp³-hybridized carbons (Fsp3) is 0.444. The van der Waals surface area contributed by atoms with E-state index in [1.165, 1.54) is 4.90 Å². The van der Waals surface area contributed by atoms with Crippen molar-refractivity contribution in [2.24, 2.45) is 11.3 Å². The Bertz CT molecular complexity index is 1020. The maximum Gasteiger partial charge on any atom is 0.407 e. The Balaban J connectivity index is 1.72. The molecule has 1 aliphatic rings. The number of nitrogens with zero attached hydrogens (tertiary/aromatic N) is 1. The number of carbonyl (C=O) groups is 3. The largest absolute Gasteiger partial charge is 0.480 e. The van der Waals surface area contributed by atoms with Gasteiger partial charge >= 0.3 is 12.1 Å². The first-order valence-electron chi connectivity index (χ1n) is 11.7. The summed E-state index contributed by atoms with van der Waals surface area (Å²) in [5.41, 5.74) is 3.53. The fourth-order valence-electron chi connectivity index (χ4n) is 4.98. The van der Waals surface area contributed by atoms with Crippen molar-refractivity contribution < 1.29 is 24.2 Å². The second-order valence-electron chi connectivity index (χ2n) is 9.63. The van der Waals surface area contributed by atoms with E-state index < -0.39 is 23.5 Å². The third-order valence-electron chi connectivity index (χ3n) is 6.61. The van der Waals surface area contributed by atoms with E-state index in [0.717, 1.165) is 22.3 Å². The molecular weight excluding hydrogens is 432 g/mol. The van der Waals surface area contributed by atoms with Gasteiger partial charge in [-0.05, 0) is 48.9 Å². The Kier molecular flexibility index (Phi) is 7.64. The summed E-state index contributed by atoms with van der Waals surface area (Å²) in [5.74, 6) is -1.54. The quantitative estimate of drug-likeness (QED) is 0.567. The number of likely N-dealkylation sites (N-methyl/N-ethyl adjacent to an activating group) is 1. The summed E-state index contributed by atoms with van der Waals surface area (Å²) in [5, 5.41) is 12.0. The van der Waals surface area contributed by atoms with E-state index in [0.29, 0.717) is 0 Å². The molecule has 7 heteroatoms. The van der Waals surface area contributed by atoms with Crippen LogP contribution in [0.3, 0.4) is 0 Å². The van der Waals surface area contributed by atoms with Gasteiger partial charge in [0.05, 0.1) is 5.41 Å². The zero-order chi connectivity index (χ0) is 25.0. The molecule has 1 aliphatic carbocycles. The van der Waals surface area contributed by atoms with Crippen molar-refractivity contribution >= 4 is 18.0 Å². The maximum absolute atomic E-state index is 13.2. The van der Waals surface area contributed by atoms with Crippen molar-refractivity contribution in [1.29, 1.82) is 0 Å². The molecule has 2 amide bonds. The molecule has 1 unspecified atom stereocenters. The van der Waals surface area contributed by atoms with Crippen LogP contribution >= 0.6 is 0 Å². The molecule has 0 aromatic heterocycles. The number of alkyl carbamates (subject to hydrolysis) is 1. The van der Waals surface area contributed by atoms with Crippen molar-refractivity contribution in [3.05, 3.63) is 59.7 Å². The Morgan fingerprint density at radius 1 is 1.03 bits per heavy atom. The predicted octanol–water partition coefficient (Wildman–Crippen LogP) is 4.51. The number of rotatable bonds is 9. The van der Waals surface area contributed by atoms with E-state index in [9.17, 15) is 14.4 Å². The average molecular weight is 467 g/mol. The van der Waals surface area contributed by atoms with E-state index in [4.69, 9.17) is 9.84 Å². The first-order valence-corrected chi connectivity index (χ1v) is 11.7. The van der Waals surface area contributed by atoms with Crippen LogP contribution in [0.25, 0.3) is 11.1 Å². The molecule has 0 fully saturated rings. The Morgan fingerprint density at radius 2 is 1.56 bits per heavy atom. The third kappa shape index (κ3) is 5.08. The predicted molar refractivity (Wildman–Crippen MR) is 131 cm³/mol. The van der Waals surface area contributed by atoms with Crippen LogP contribution in [0.4, 0.5) is 4.79 Å². The minimum absolute atomic E-state index is 0.0589. The molecule has 0 heterocycles. The smallest absolute Gasteiger partial charge is 0.407 e. The molecule has 182 valence electrons. The zero-order valence-electron chi connectivity index (χ0n) is 20.5. The first-order chi connectivity index (χ1) is 16.1. The van der Waals surface area contributed by atoms with E-state index in [1.54, 1.807) is 20.8 Å². The molecule has 1 atom stereocenters. The summed E-state index contributed by atoms with van der Waals surface area (Å²) in [6, 6.07) is 15.7. The van der Waals surface area contributed by atoms with Crippen molar-refractivity contribution in [2.75, 3.05) is 19.7 Å². The SMILES string of the molecule is CCN(CC(=O)O)C(=O)C(C)(C)C(NC(=O)OCC1c2ccccc2-c2ccccc21)C(C)C. The number of amides is 2. The maximum atomic E-state index is 13.2. The Labute approximate surface area is 201 Å². The van der Waals surface area contributed by atoms with Gasteiger partial charge in [0.1, 0.15) is 13.2 Å². The van der Waals surface area contributed by atoms with Crippen molar-refractivity contribution in [3.8, 4) is 11.1 Å². The summed E-state index contributed by atoms with van der Waals surface area (Å²) in [4.78, 5) is 38.5. The molecule has 0 aliphatic heterocycles.